The van der Waals surface area contributed by atoms with Crippen molar-refractivity contribution >= 4 is 15.9 Å². The zero-order chi connectivity index (χ0) is 22.1. The zero-order valence-electron chi connectivity index (χ0n) is 17.2. The molecule has 1 heterocycles. The van der Waals surface area contributed by atoms with E-state index in [0.29, 0.717) is 11.1 Å². The monoisotopic (exact) mass is 430 g/mol. The number of hydrogen-bond acceptors (Lipinski definition) is 5. The number of nitrogens with zero attached hydrogens (tertiary/aromatic N) is 1. The topological polar surface area (TPSA) is 89.3 Å². The van der Waals surface area contributed by atoms with Crippen LogP contribution in [0.25, 0.3) is 11.3 Å². The first-order chi connectivity index (χ1) is 14.1. The third kappa shape index (κ3) is 4.43. The van der Waals surface area contributed by atoms with E-state index in [0.717, 1.165) is 11.1 Å². The van der Waals surface area contributed by atoms with Crippen LogP contribution in [0, 0.1) is 33.5 Å². The van der Waals surface area contributed by atoms with E-state index in [4.69, 9.17) is 4.42 Å². The highest BCUT2D eigenvalue weighted by atomic mass is 32.2. The molecule has 0 radical (unpaired) electrons. The van der Waals surface area contributed by atoms with Crippen molar-refractivity contribution in [1.29, 1.82) is 0 Å². The van der Waals surface area contributed by atoms with Crippen LogP contribution >= 0.6 is 0 Å². The molecule has 6 nitrogen and oxygen atoms in total. The Bertz CT molecular complexity index is 1190. The maximum atomic E-state index is 13.8. The lowest BCUT2D eigenvalue weighted by atomic mass is 10.0. The number of carbonyl (C=O) groups is 1. The fourth-order valence-electron chi connectivity index (χ4n) is 3.27. The molecule has 0 aliphatic rings. The van der Waals surface area contributed by atoms with Crippen LogP contribution in [-0.4, -0.2) is 19.3 Å². The van der Waals surface area contributed by atoms with Gasteiger partial charge in [-0.15, -0.1) is 0 Å². The van der Waals surface area contributed by atoms with Crippen molar-refractivity contribution in [2.45, 2.75) is 45.4 Å². The molecule has 0 fully saturated rings. The van der Waals surface area contributed by atoms with Crippen molar-refractivity contribution in [2.75, 3.05) is 0 Å². The molecule has 3 rings (SSSR count). The number of hydrogen-bond donors (Lipinski definition) is 1. The Morgan fingerprint density at radius 3 is 2.37 bits per heavy atom. The van der Waals surface area contributed by atoms with Crippen LogP contribution in [0.2, 0.25) is 0 Å². The SMILES string of the molecule is Cc1cc(C)c(C)c(S(=O)(=O)NC(=O)CCc2ncc(-c3ccccc3F)o2)c1C. The molecule has 0 atom stereocenters. The number of rotatable bonds is 6. The second kappa shape index (κ2) is 8.39. The predicted molar refractivity (Wildman–Crippen MR) is 111 cm³/mol. The summed E-state index contributed by atoms with van der Waals surface area (Å²) in [5.41, 5.74) is 3.17. The minimum absolute atomic E-state index is 0.0839. The molecule has 0 bridgehead atoms. The first-order valence-electron chi connectivity index (χ1n) is 9.43. The van der Waals surface area contributed by atoms with Gasteiger partial charge < -0.3 is 4.42 Å². The van der Waals surface area contributed by atoms with Gasteiger partial charge in [-0.25, -0.2) is 22.5 Å². The van der Waals surface area contributed by atoms with Crippen LogP contribution in [0.4, 0.5) is 4.39 Å². The summed E-state index contributed by atoms with van der Waals surface area (Å²) < 4.78 is 47.1. The molecule has 3 aromatic rings. The van der Waals surface area contributed by atoms with Gasteiger partial charge in [0.2, 0.25) is 5.91 Å². The van der Waals surface area contributed by atoms with E-state index in [1.807, 2.05) is 19.9 Å². The van der Waals surface area contributed by atoms with Gasteiger partial charge in [-0.2, -0.15) is 0 Å². The van der Waals surface area contributed by atoms with Gasteiger partial charge in [0.25, 0.3) is 10.0 Å². The van der Waals surface area contributed by atoms with E-state index in [9.17, 15) is 17.6 Å². The van der Waals surface area contributed by atoms with Crippen molar-refractivity contribution in [3.05, 3.63) is 70.5 Å². The van der Waals surface area contributed by atoms with Gasteiger partial charge in [-0.3, -0.25) is 4.79 Å². The van der Waals surface area contributed by atoms with Crippen molar-refractivity contribution < 1.29 is 22.0 Å². The number of carbonyl (C=O) groups excluding carboxylic acids is 1. The highest BCUT2D eigenvalue weighted by molar-refractivity contribution is 7.90. The molecule has 0 unspecified atom stereocenters. The van der Waals surface area contributed by atoms with Gasteiger partial charge in [0, 0.05) is 12.8 Å². The summed E-state index contributed by atoms with van der Waals surface area (Å²) in [6.45, 7) is 7.10. The summed E-state index contributed by atoms with van der Waals surface area (Å²) in [4.78, 5) is 16.5. The summed E-state index contributed by atoms with van der Waals surface area (Å²) in [6, 6.07) is 8.04. The zero-order valence-corrected chi connectivity index (χ0v) is 18.1. The van der Waals surface area contributed by atoms with Gasteiger partial charge in [0.1, 0.15) is 5.82 Å². The molecular formula is C22H23FN2O4S. The van der Waals surface area contributed by atoms with Crippen LogP contribution in [-0.2, 0) is 21.2 Å². The smallest absolute Gasteiger partial charge is 0.264 e. The third-order valence-corrected chi connectivity index (χ3v) is 6.72. The molecular weight excluding hydrogens is 407 g/mol. The fraction of sp³-hybridized carbons (Fsp3) is 0.273. The van der Waals surface area contributed by atoms with Gasteiger partial charge in [-0.05, 0) is 62.1 Å². The molecule has 2 aromatic carbocycles. The minimum Gasteiger partial charge on any atom is -0.441 e. The number of nitrogens with one attached hydrogen (secondary N) is 1. The van der Waals surface area contributed by atoms with E-state index in [2.05, 4.69) is 9.71 Å². The first kappa shape index (κ1) is 21.7. The molecule has 0 aliphatic carbocycles. The Balaban J connectivity index is 1.71. The van der Waals surface area contributed by atoms with E-state index < -0.39 is 21.7 Å². The summed E-state index contributed by atoms with van der Waals surface area (Å²) in [6.07, 6.45) is 1.32. The largest absolute Gasteiger partial charge is 0.441 e. The summed E-state index contributed by atoms with van der Waals surface area (Å²) in [5, 5.41) is 0. The van der Waals surface area contributed by atoms with Crippen molar-refractivity contribution in [1.82, 2.24) is 9.71 Å². The van der Waals surface area contributed by atoms with Gasteiger partial charge >= 0.3 is 0 Å². The van der Waals surface area contributed by atoms with E-state index in [-0.39, 0.29) is 35.0 Å². The summed E-state index contributed by atoms with van der Waals surface area (Å²) in [7, 11) is -4.01. The Kier molecular flexibility index (Phi) is 6.07. The average molecular weight is 431 g/mol. The Hall–Kier alpha value is -3.00. The first-order valence-corrected chi connectivity index (χ1v) is 10.9. The maximum Gasteiger partial charge on any atom is 0.264 e. The molecule has 0 saturated heterocycles. The lowest BCUT2D eigenvalue weighted by Gasteiger charge is -2.16. The van der Waals surface area contributed by atoms with Crippen molar-refractivity contribution in [2.24, 2.45) is 0 Å². The lowest BCUT2D eigenvalue weighted by Crippen LogP contribution is -2.32. The molecule has 0 spiro atoms. The quantitative estimate of drug-likeness (QED) is 0.635. The summed E-state index contributed by atoms with van der Waals surface area (Å²) >= 11 is 0. The van der Waals surface area contributed by atoms with Gasteiger partial charge in [0.15, 0.2) is 11.7 Å². The molecule has 158 valence electrons. The molecule has 8 heteroatoms. The second-order valence-electron chi connectivity index (χ2n) is 7.22. The number of sulfonamides is 1. The predicted octanol–water partition coefficient (Wildman–Crippen LogP) is 4.15. The second-order valence-corrected chi connectivity index (χ2v) is 8.84. The van der Waals surface area contributed by atoms with Gasteiger partial charge in [-0.1, -0.05) is 18.2 Å². The van der Waals surface area contributed by atoms with Crippen LogP contribution in [0.15, 0.2) is 45.8 Å². The van der Waals surface area contributed by atoms with Crippen molar-refractivity contribution in [3.63, 3.8) is 0 Å². The maximum absolute atomic E-state index is 13.8. The molecule has 1 aromatic heterocycles. The average Bonchev–Trinajstić information content (AvgIpc) is 3.13. The molecule has 1 N–H and O–H groups in total. The number of aromatic nitrogens is 1. The number of halogens is 1. The number of aryl methyl sites for hydroxylation is 3. The number of amides is 1. The molecule has 1 amide bonds. The molecule has 0 aliphatic heterocycles. The molecule has 0 saturated carbocycles. The Labute approximate surface area is 175 Å². The highest BCUT2D eigenvalue weighted by Gasteiger charge is 2.24. The fourth-order valence-corrected chi connectivity index (χ4v) is 4.90. The van der Waals surface area contributed by atoms with Crippen LogP contribution < -0.4 is 4.72 Å². The highest BCUT2D eigenvalue weighted by Crippen LogP contribution is 2.26. The Morgan fingerprint density at radius 2 is 1.73 bits per heavy atom. The van der Waals surface area contributed by atoms with E-state index in [1.165, 1.54) is 12.3 Å². The number of benzene rings is 2. The lowest BCUT2D eigenvalue weighted by molar-refractivity contribution is -0.119. The van der Waals surface area contributed by atoms with E-state index in [1.54, 1.807) is 32.0 Å². The third-order valence-electron chi connectivity index (χ3n) is 5.07. The van der Waals surface area contributed by atoms with Crippen LogP contribution in [0.5, 0.6) is 0 Å². The van der Waals surface area contributed by atoms with Crippen molar-refractivity contribution in [3.8, 4) is 11.3 Å². The van der Waals surface area contributed by atoms with Gasteiger partial charge in [0.05, 0.1) is 16.7 Å². The van der Waals surface area contributed by atoms with Crippen LogP contribution in [0.3, 0.4) is 0 Å². The molecule has 30 heavy (non-hydrogen) atoms. The van der Waals surface area contributed by atoms with E-state index >= 15 is 0 Å². The number of oxazole rings is 1. The van der Waals surface area contributed by atoms with Crippen LogP contribution in [0.1, 0.15) is 34.6 Å². The normalized spacial score (nSPS) is 11.5. The summed E-state index contributed by atoms with van der Waals surface area (Å²) in [5.74, 6) is -0.640. The minimum atomic E-state index is -4.01. The Morgan fingerprint density at radius 1 is 1.10 bits per heavy atom. The standard InChI is InChI=1S/C22H23FN2O4S/c1-13-11-14(2)16(4)22(15(13)3)30(27,28)25-20(26)9-10-21-24-12-19(29-21)17-7-5-6-8-18(17)23/h5-8,11-12H,9-10H2,1-4H3,(H,25,26).